The fraction of sp³-hybridized carbons (Fsp3) is 0.750. The Balaban J connectivity index is 1.88. The number of likely N-dealkylation sites (tertiary alicyclic amines) is 1. The van der Waals surface area contributed by atoms with E-state index in [4.69, 9.17) is 9.47 Å². The molecule has 0 aromatic carbocycles. The molecule has 3 aliphatic rings. The molecule has 2 bridgehead atoms. The summed E-state index contributed by atoms with van der Waals surface area (Å²) >= 11 is 0. The Morgan fingerprint density at radius 1 is 1.52 bits per heavy atom. The third kappa shape index (κ3) is 2.01. The number of carbonyl (C=O) groups is 2. The highest BCUT2D eigenvalue weighted by atomic mass is 16.6. The summed E-state index contributed by atoms with van der Waals surface area (Å²) in [6, 6.07) is 0.162. The van der Waals surface area contributed by atoms with E-state index in [1.54, 1.807) is 0 Å². The van der Waals surface area contributed by atoms with Gasteiger partial charge < -0.3 is 14.4 Å². The lowest BCUT2D eigenvalue weighted by molar-refractivity contribution is -0.157. The average molecular weight is 293 g/mol. The fourth-order valence-corrected chi connectivity index (χ4v) is 3.70. The molecule has 1 amide bonds. The van der Waals surface area contributed by atoms with Crippen molar-refractivity contribution in [2.24, 2.45) is 11.8 Å². The Labute approximate surface area is 125 Å². The molecule has 0 radical (unpaired) electrons. The molecule has 3 rings (SSSR count). The van der Waals surface area contributed by atoms with Gasteiger partial charge in [-0.3, -0.25) is 9.59 Å². The summed E-state index contributed by atoms with van der Waals surface area (Å²) < 4.78 is 11.4. The zero-order valence-electron chi connectivity index (χ0n) is 13.0. The molecule has 21 heavy (non-hydrogen) atoms. The number of hydrogen-bond acceptors (Lipinski definition) is 4. The highest BCUT2D eigenvalue weighted by Gasteiger charge is 2.67. The number of ether oxygens (including phenoxy) is 2. The number of amides is 1. The van der Waals surface area contributed by atoms with Gasteiger partial charge in [0.2, 0.25) is 5.91 Å². The molecule has 0 aromatic heterocycles. The maximum Gasteiger partial charge on any atom is 0.313 e. The van der Waals surface area contributed by atoms with Gasteiger partial charge in [0.1, 0.15) is 11.5 Å². The van der Waals surface area contributed by atoms with E-state index in [-0.39, 0.29) is 30.1 Å². The monoisotopic (exact) mass is 293 g/mol. The normalized spacial score (nSPS) is 38.2. The fourth-order valence-electron chi connectivity index (χ4n) is 3.70. The SMILES string of the molecule is CC[C@H](C)N1C[C@@]23C=C[C@@H](O2)[C@H](C(=O)OC(C)C)[C@@H]3C1=O. The van der Waals surface area contributed by atoms with Crippen LogP contribution in [0.2, 0.25) is 0 Å². The van der Waals surface area contributed by atoms with Crippen molar-refractivity contribution in [3.8, 4) is 0 Å². The molecule has 5 atom stereocenters. The van der Waals surface area contributed by atoms with Gasteiger partial charge in [0, 0.05) is 6.04 Å². The third-order valence-corrected chi connectivity index (χ3v) is 4.88. The van der Waals surface area contributed by atoms with Gasteiger partial charge in [-0.2, -0.15) is 0 Å². The number of hydrogen-bond donors (Lipinski definition) is 0. The number of fused-ring (bicyclic) bond motifs is 1. The minimum absolute atomic E-state index is 0.0295. The van der Waals surface area contributed by atoms with Gasteiger partial charge in [0.25, 0.3) is 0 Å². The second-order valence-electron chi connectivity index (χ2n) is 6.61. The Morgan fingerprint density at radius 2 is 2.24 bits per heavy atom. The van der Waals surface area contributed by atoms with Gasteiger partial charge in [-0.25, -0.2) is 0 Å². The Hall–Kier alpha value is -1.36. The van der Waals surface area contributed by atoms with Gasteiger partial charge in [-0.15, -0.1) is 0 Å². The zero-order valence-corrected chi connectivity index (χ0v) is 13.0. The van der Waals surface area contributed by atoms with Crippen molar-refractivity contribution < 1.29 is 19.1 Å². The molecule has 1 spiro atoms. The molecule has 0 aromatic rings. The highest BCUT2D eigenvalue weighted by Crippen LogP contribution is 2.52. The second kappa shape index (κ2) is 4.83. The van der Waals surface area contributed by atoms with E-state index in [1.807, 2.05) is 37.8 Å². The van der Waals surface area contributed by atoms with Crippen LogP contribution in [0.15, 0.2) is 12.2 Å². The van der Waals surface area contributed by atoms with Crippen LogP contribution in [0, 0.1) is 11.8 Å². The minimum atomic E-state index is -0.619. The first-order chi connectivity index (χ1) is 9.89. The molecule has 5 nitrogen and oxygen atoms in total. The summed E-state index contributed by atoms with van der Waals surface area (Å²) in [5.41, 5.74) is -0.619. The third-order valence-electron chi connectivity index (χ3n) is 4.88. The summed E-state index contributed by atoms with van der Waals surface area (Å²) in [4.78, 5) is 27.0. The zero-order chi connectivity index (χ0) is 15.4. The molecule has 5 heteroatoms. The van der Waals surface area contributed by atoms with Crippen molar-refractivity contribution in [3.05, 3.63) is 12.2 Å². The maximum absolute atomic E-state index is 12.8. The van der Waals surface area contributed by atoms with Gasteiger partial charge in [-0.1, -0.05) is 19.1 Å². The minimum Gasteiger partial charge on any atom is -0.463 e. The summed E-state index contributed by atoms with van der Waals surface area (Å²) in [7, 11) is 0. The Bertz CT molecular complexity index is 501. The van der Waals surface area contributed by atoms with E-state index in [9.17, 15) is 9.59 Å². The summed E-state index contributed by atoms with van der Waals surface area (Å²) in [6.07, 6.45) is 4.28. The van der Waals surface area contributed by atoms with Gasteiger partial charge >= 0.3 is 5.97 Å². The van der Waals surface area contributed by atoms with Crippen LogP contribution < -0.4 is 0 Å². The van der Waals surface area contributed by atoms with Crippen LogP contribution >= 0.6 is 0 Å². The average Bonchev–Trinajstić information content (AvgIpc) is 3.05. The molecule has 116 valence electrons. The lowest BCUT2D eigenvalue weighted by atomic mass is 9.77. The molecule has 3 aliphatic heterocycles. The smallest absolute Gasteiger partial charge is 0.313 e. The lowest BCUT2D eigenvalue weighted by Crippen LogP contribution is -2.41. The number of esters is 1. The first-order valence-corrected chi connectivity index (χ1v) is 7.77. The predicted octanol–water partition coefficient (Wildman–Crippen LogP) is 1.52. The molecular weight excluding hydrogens is 270 g/mol. The van der Waals surface area contributed by atoms with Crippen LogP contribution in [0.25, 0.3) is 0 Å². The molecule has 0 saturated carbocycles. The molecule has 0 N–H and O–H groups in total. The molecule has 2 saturated heterocycles. The lowest BCUT2D eigenvalue weighted by Gasteiger charge is -2.26. The number of nitrogens with zero attached hydrogens (tertiary/aromatic N) is 1. The van der Waals surface area contributed by atoms with E-state index >= 15 is 0 Å². The summed E-state index contributed by atoms with van der Waals surface area (Å²) in [5, 5.41) is 0. The first kappa shape index (κ1) is 14.6. The van der Waals surface area contributed by atoms with Crippen molar-refractivity contribution in [2.45, 2.75) is 58.0 Å². The number of carbonyl (C=O) groups excluding carboxylic acids is 2. The molecule has 3 heterocycles. The molecule has 0 aliphatic carbocycles. The van der Waals surface area contributed by atoms with Crippen LogP contribution in [0.1, 0.15) is 34.1 Å². The van der Waals surface area contributed by atoms with E-state index < -0.39 is 17.4 Å². The maximum atomic E-state index is 12.8. The van der Waals surface area contributed by atoms with Crippen LogP contribution in [0.3, 0.4) is 0 Å². The van der Waals surface area contributed by atoms with E-state index in [1.165, 1.54) is 0 Å². The Kier molecular flexibility index (Phi) is 3.35. The van der Waals surface area contributed by atoms with Crippen LogP contribution in [-0.2, 0) is 19.1 Å². The van der Waals surface area contributed by atoms with Gasteiger partial charge in [0.05, 0.1) is 24.7 Å². The molecule has 0 unspecified atom stereocenters. The van der Waals surface area contributed by atoms with Crippen molar-refractivity contribution in [3.63, 3.8) is 0 Å². The topological polar surface area (TPSA) is 55.8 Å². The van der Waals surface area contributed by atoms with Crippen molar-refractivity contribution in [1.82, 2.24) is 4.90 Å². The van der Waals surface area contributed by atoms with Crippen molar-refractivity contribution in [1.29, 1.82) is 0 Å². The van der Waals surface area contributed by atoms with E-state index in [0.717, 1.165) is 6.42 Å². The highest BCUT2D eigenvalue weighted by molar-refractivity contribution is 5.91. The molecule has 2 fully saturated rings. The van der Waals surface area contributed by atoms with Gasteiger partial charge in [0.15, 0.2) is 0 Å². The second-order valence-corrected chi connectivity index (χ2v) is 6.61. The van der Waals surface area contributed by atoms with E-state index in [0.29, 0.717) is 6.54 Å². The quantitative estimate of drug-likeness (QED) is 0.582. The molecular formula is C16H23NO4. The van der Waals surface area contributed by atoms with Crippen molar-refractivity contribution in [2.75, 3.05) is 6.54 Å². The van der Waals surface area contributed by atoms with Crippen LogP contribution in [0.5, 0.6) is 0 Å². The van der Waals surface area contributed by atoms with Gasteiger partial charge in [-0.05, 0) is 27.2 Å². The van der Waals surface area contributed by atoms with Crippen LogP contribution in [0.4, 0.5) is 0 Å². The number of rotatable bonds is 4. The van der Waals surface area contributed by atoms with Crippen LogP contribution in [-0.4, -0.2) is 47.2 Å². The largest absolute Gasteiger partial charge is 0.463 e. The Morgan fingerprint density at radius 3 is 2.86 bits per heavy atom. The standard InChI is InChI=1S/C16H23NO4/c1-5-10(4)17-8-16-7-6-11(21-16)12(13(16)14(17)18)15(19)20-9(2)3/h6-7,9-13H,5,8H2,1-4H3/t10-,11+,12-,13+,16+/m0/s1. The summed E-state index contributed by atoms with van der Waals surface area (Å²) in [5.74, 6) is -1.21. The first-order valence-electron chi connectivity index (χ1n) is 7.77. The predicted molar refractivity (Wildman–Crippen MR) is 76.4 cm³/mol. The van der Waals surface area contributed by atoms with Crippen molar-refractivity contribution >= 4 is 11.9 Å². The summed E-state index contributed by atoms with van der Waals surface area (Å²) in [6.45, 7) is 8.28. The van der Waals surface area contributed by atoms with E-state index in [2.05, 4.69) is 6.92 Å².